The first-order valence-corrected chi connectivity index (χ1v) is 10.2. The normalized spacial score (nSPS) is 15.8. The minimum Gasteiger partial charge on any atom is -0.477 e. The van der Waals surface area contributed by atoms with Gasteiger partial charge in [-0.05, 0) is 37.6 Å². The molecule has 6 nitrogen and oxygen atoms in total. The lowest BCUT2D eigenvalue weighted by Crippen LogP contribution is -2.46. The zero-order chi connectivity index (χ0) is 21.4. The molecule has 0 bridgehead atoms. The van der Waals surface area contributed by atoms with Crippen molar-refractivity contribution in [2.24, 2.45) is 0 Å². The van der Waals surface area contributed by atoms with Crippen LogP contribution in [0, 0.1) is 18.6 Å². The summed E-state index contributed by atoms with van der Waals surface area (Å²) in [6.07, 6.45) is -1.27. The average molecular weight is 432 g/mol. The summed E-state index contributed by atoms with van der Waals surface area (Å²) in [5.74, 6) is -2.38. The number of esters is 1. The number of anilines is 1. The number of aromatic nitrogens is 1. The molecule has 0 radical (unpaired) electrons. The maximum absolute atomic E-state index is 14.1. The number of carbonyl (C=O) groups excluding carboxylic acids is 2. The van der Waals surface area contributed by atoms with E-state index >= 15 is 0 Å². The topological polar surface area (TPSA) is 68.7 Å². The molecule has 2 heterocycles. The van der Waals surface area contributed by atoms with Gasteiger partial charge in [-0.1, -0.05) is 12.1 Å². The molecule has 0 saturated heterocycles. The van der Waals surface area contributed by atoms with Crippen LogP contribution in [0.25, 0.3) is 10.2 Å². The predicted molar refractivity (Wildman–Crippen MR) is 108 cm³/mol. The third-order valence-corrected chi connectivity index (χ3v) is 5.78. The fraction of sp³-hybridized carbons (Fsp3) is 0.286. The van der Waals surface area contributed by atoms with Gasteiger partial charge in [-0.3, -0.25) is 14.5 Å². The van der Waals surface area contributed by atoms with Crippen molar-refractivity contribution in [2.75, 3.05) is 11.5 Å². The van der Waals surface area contributed by atoms with Crippen LogP contribution in [0.2, 0.25) is 0 Å². The molecule has 1 atom stereocenters. The Morgan fingerprint density at radius 3 is 2.87 bits per heavy atom. The van der Waals surface area contributed by atoms with E-state index in [2.05, 4.69) is 4.98 Å². The molecule has 1 amide bonds. The zero-order valence-corrected chi connectivity index (χ0v) is 17.1. The first-order chi connectivity index (χ1) is 14.4. The second-order valence-electron chi connectivity index (χ2n) is 6.78. The first-order valence-electron chi connectivity index (χ1n) is 9.35. The van der Waals surface area contributed by atoms with Gasteiger partial charge in [0.25, 0.3) is 5.91 Å². The summed E-state index contributed by atoms with van der Waals surface area (Å²) in [6, 6.07) is 7.78. The van der Waals surface area contributed by atoms with Gasteiger partial charge in [-0.25, -0.2) is 13.8 Å². The van der Waals surface area contributed by atoms with E-state index in [0.29, 0.717) is 22.0 Å². The minimum atomic E-state index is -1.04. The van der Waals surface area contributed by atoms with Crippen molar-refractivity contribution in [3.63, 3.8) is 0 Å². The van der Waals surface area contributed by atoms with Crippen LogP contribution in [0.4, 0.5) is 14.5 Å². The molecule has 1 aliphatic heterocycles. The minimum absolute atomic E-state index is 0.0401. The predicted octanol–water partition coefficient (Wildman–Crippen LogP) is 4.13. The molecule has 0 aliphatic carbocycles. The highest BCUT2D eigenvalue weighted by Crippen LogP contribution is 2.39. The lowest BCUT2D eigenvalue weighted by molar-refractivity contribution is -0.147. The lowest BCUT2D eigenvalue weighted by Gasteiger charge is -2.34. The van der Waals surface area contributed by atoms with Gasteiger partial charge >= 0.3 is 5.97 Å². The van der Waals surface area contributed by atoms with Crippen molar-refractivity contribution in [1.82, 2.24) is 4.98 Å². The Hall–Kier alpha value is -3.07. The van der Waals surface area contributed by atoms with Crippen LogP contribution in [0.5, 0.6) is 5.75 Å². The molecule has 30 heavy (non-hydrogen) atoms. The van der Waals surface area contributed by atoms with Crippen molar-refractivity contribution in [2.45, 2.75) is 32.9 Å². The van der Waals surface area contributed by atoms with Gasteiger partial charge in [0.2, 0.25) is 0 Å². The number of hydrogen-bond acceptors (Lipinski definition) is 6. The third kappa shape index (κ3) is 3.60. The smallest absolute Gasteiger partial charge is 0.310 e. The van der Waals surface area contributed by atoms with E-state index in [9.17, 15) is 18.4 Å². The molecule has 0 saturated carbocycles. The summed E-state index contributed by atoms with van der Waals surface area (Å²) in [7, 11) is 0. The largest absolute Gasteiger partial charge is 0.477 e. The quantitative estimate of drug-likeness (QED) is 0.567. The number of carbonyl (C=O) groups is 2. The van der Waals surface area contributed by atoms with Crippen LogP contribution in [0.15, 0.2) is 30.3 Å². The fourth-order valence-corrected chi connectivity index (χ4v) is 4.31. The molecule has 9 heteroatoms. The van der Waals surface area contributed by atoms with Crippen LogP contribution >= 0.6 is 11.3 Å². The summed E-state index contributed by atoms with van der Waals surface area (Å²) in [5.41, 5.74) is 1.66. The summed E-state index contributed by atoms with van der Waals surface area (Å²) in [6.45, 7) is 3.76. The number of halogens is 2. The van der Waals surface area contributed by atoms with E-state index in [1.54, 1.807) is 19.1 Å². The average Bonchev–Trinajstić information content (AvgIpc) is 3.12. The number of nitrogens with zero attached hydrogens (tertiary/aromatic N) is 2. The molecular formula is C21H18F2N2O4S. The van der Waals surface area contributed by atoms with E-state index < -0.39 is 29.6 Å². The maximum Gasteiger partial charge on any atom is 0.310 e. The monoisotopic (exact) mass is 432 g/mol. The first kappa shape index (κ1) is 20.2. The number of rotatable bonds is 5. The molecule has 2 aromatic carbocycles. The van der Waals surface area contributed by atoms with Gasteiger partial charge in [0, 0.05) is 0 Å². The Morgan fingerprint density at radius 2 is 2.10 bits per heavy atom. The van der Waals surface area contributed by atoms with Crippen LogP contribution in [-0.2, 0) is 20.9 Å². The number of aryl methyl sites for hydroxylation is 1. The summed E-state index contributed by atoms with van der Waals surface area (Å²) in [4.78, 5) is 30.9. The van der Waals surface area contributed by atoms with Gasteiger partial charge in [0.05, 0.1) is 35.5 Å². The van der Waals surface area contributed by atoms with E-state index in [4.69, 9.17) is 9.47 Å². The standard InChI is InChI=1S/C21H18F2N2O4S/c1-3-28-17(26)9-15-21(27)25(14-6-4-5-11(2)19(14)29-15)10-16-24-13-8-7-12(22)18(23)20(13)30-16/h4-8,15H,3,9-10H2,1-2H3. The lowest BCUT2D eigenvalue weighted by atomic mass is 10.1. The number of hydrogen-bond donors (Lipinski definition) is 0. The summed E-state index contributed by atoms with van der Waals surface area (Å²) < 4.78 is 38.5. The van der Waals surface area contributed by atoms with E-state index in [-0.39, 0.29) is 24.3 Å². The van der Waals surface area contributed by atoms with Gasteiger partial charge < -0.3 is 9.47 Å². The summed E-state index contributed by atoms with van der Waals surface area (Å²) in [5, 5.41) is 0.437. The van der Waals surface area contributed by atoms with Gasteiger partial charge in [0.15, 0.2) is 17.7 Å². The second kappa shape index (κ2) is 7.98. The highest BCUT2D eigenvalue weighted by molar-refractivity contribution is 7.18. The van der Waals surface area contributed by atoms with Crippen molar-refractivity contribution in [3.05, 3.63) is 52.5 Å². The number of thiazole rings is 1. The molecule has 3 aromatic rings. The Labute approximate surface area is 175 Å². The van der Waals surface area contributed by atoms with E-state index in [1.807, 2.05) is 13.0 Å². The molecular weight excluding hydrogens is 414 g/mol. The Balaban J connectivity index is 1.70. The Kier molecular flexibility index (Phi) is 5.38. The van der Waals surface area contributed by atoms with Crippen molar-refractivity contribution < 1.29 is 27.8 Å². The van der Waals surface area contributed by atoms with Crippen LogP contribution < -0.4 is 9.64 Å². The third-order valence-electron chi connectivity index (χ3n) is 4.73. The van der Waals surface area contributed by atoms with Crippen molar-refractivity contribution in [1.29, 1.82) is 0 Å². The molecule has 0 fully saturated rings. The Bertz CT molecular complexity index is 1150. The molecule has 1 unspecified atom stereocenters. The molecule has 0 N–H and O–H groups in total. The number of benzene rings is 2. The van der Waals surface area contributed by atoms with E-state index in [1.165, 1.54) is 11.0 Å². The van der Waals surface area contributed by atoms with Crippen LogP contribution in [-0.4, -0.2) is 29.6 Å². The van der Waals surface area contributed by atoms with Gasteiger partial charge in [-0.15, -0.1) is 11.3 Å². The molecule has 0 spiro atoms. The van der Waals surface area contributed by atoms with Crippen molar-refractivity contribution in [3.8, 4) is 5.75 Å². The van der Waals surface area contributed by atoms with Crippen molar-refractivity contribution >= 4 is 39.1 Å². The van der Waals surface area contributed by atoms with Gasteiger partial charge in [0.1, 0.15) is 10.8 Å². The number of fused-ring (bicyclic) bond motifs is 2. The maximum atomic E-state index is 14.1. The molecule has 1 aromatic heterocycles. The highest BCUT2D eigenvalue weighted by Gasteiger charge is 2.37. The number of para-hydroxylation sites is 1. The van der Waals surface area contributed by atoms with Gasteiger partial charge in [-0.2, -0.15) is 0 Å². The fourth-order valence-electron chi connectivity index (χ4n) is 3.34. The SMILES string of the molecule is CCOC(=O)CC1Oc2c(C)cccc2N(Cc2nc3ccc(F)c(F)c3s2)C1=O. The molecule has 4 rings (SSSR count). The Morgan fingerprint density at radius 1 is 1.30 bits per heavy atom. The zero-order valence-electron chi connectivity index (χ0n) is 16.3. The number of amides is 1. The van der Waals surface area contributed by atoms with Crippen LogP contribution in [0.3, 0.4) is 0 Å². The molecule has 156 valence electrons. The number of ether oxygens (including phenoxy) is 2. The molecule has 1 aliphatic rings. The second-order valence-corrected chi connectivity index (χ2v) is 7.86. The highest BCUT2D eigenvalue weighted by atomic mass is 32.1. The summed E-state index contributed by atoms with van der Waals surface area (Å²) >= 11 is 0.983. The van der Waals surface area contributed by atoms with E-state index in [0.717, 1.165) is 23.0 Å². The van der Waals surface area contributed by atoms with Crippen LogP contribution in [0.1, 0.15) is 23.9 Å².